The number of ether oxygens (including phenoxy) is 1. The van der Waals surface area contributed by atoms with Crippen LogP contribution in [-0.4, -0.2) is 19.2 Å². The van der Waals surface area contributed by atoms with Crippen molar-refractivity contribution < 1.29 is 19.3 Å². The fourth-order valence-corrected chi connectivity index (χ4v) is 1.37. The van der Waals surface area contributed by atoms with Crippen LogP contribution in [-0.2, 0) is 9.78 Å². The summed E-state index contributed by atoms with van der Waals surface area (Å²) in [7, 11) is 0. The van der Waals surface area contributed by atoms with Crippen LogP contribution in [0.5, 0.6) is 5.75 Å². The van der Waals surface area contributed by atoms with Gasteiger partial charge in [0.1, 0.15) is 5.75 Å². The van der Waals surface area contributed by atoms with Gasteiger partial charge in [-0.15, -0.1) is 0 Å². The fraction of sp³-hybridized carbons (Fsp3) is 0.462. The molecular weight excluding hydrogens is 220 g/mol. The van der Waals surface area contributed by atoms with Crippen molar-refractivity contribution >= 4 is 5.97 Å². The van der Waals surface area contributed by atoms with E-state index in [4.69, 9.17) is 14.5 Å². The Morgan fingerprint density at radius 1 is 1.29 bits per heavy atom. The molecule has 0 amide bonds. The lowest BCUT2D eigenvalue weighted by molar-refractivity contribution is -0.243. The van der Waals surface area contributed by atoms with E-state index < -0.39 is 5.97 Å². The fourth-order valence-electron chi connectivity index (χ4n) is 1.37. The van der Waals surface area contributed by atoms with E-state index in [0.717, 1.165) is 5.75 Å². The first-order chi connectivity index (χ1) is 8.29. The van der Waals surface area contributed by atoms with E-state index in [0.29, 0.717) is 24.7 Å². The Bertz CT molecular complexity index is 368. The zero-order valence-electron chi connectivity index (χ0n) is 9.85. The van der Waals surface area contributed by atoms with Crippen LogP contribution < -0.4 is 4.74 Å². The van der Waals surface area contributed by atoms with Crippen LogP contribution in [0.3, 0.4) is 0 Å². The van der Waals surface area contributed by atoms with Gasteiger partial charge < -0.3 is 4.74 Å². The Morgan fingerprint density at radius 2 is 2.00 bits per heavy atom. The summed E-state index contributed by atoms with van der Waals surface area (Å²) in [4.78, 5) is 21.1. The molecule has 1 aromatic carbocycles. The third-order valence-corrected chi connectivity index (χ3v) is 2.54. The molecule has 0 aromatic heterocycles. The minimum Gasteiger partial charge on any atom is -0.494 e. The maximum absolute atomic E-state index is 11.5. The van der Waals surface area contributed by atoms with Crippen LogP contribution in [0.4, 0.5) is 0 Å². The number of carbonyl (C=O) groups is 1. The predicted octanol–water partition coefficient (Wildman–Crippen LogP) is 2.58. The third kappa shape index (κ3) is 3.75. The summed E-state index contributed by atoms with van der Waals surface area (Å²) in [5.74, 6) is 0.847. The number of hydrogen-bond donors (Lipinski definition) is 0. The predicted molar refractivity (Wildman–Crippen MR) is 61.7 cm³/mol. The second-order valence-corrected chi connectivity index (χ2v) is 4.06. The summed E-state index contributed by atoms with van der Waals surface area (Å²) >= 11 is 0. The van der Waals surface area contributed by atoms with Crippen molar-refractivity contribution in [2.24, 2.45) is 5.92 Å². The van der Waals surface area contributed by atoms with E-state index in [-0.39, 0.29) is 0 Å². The molecule has 1 fully saturated rings. The van der Waals surface area contributed by atoms with Gasteiger partial charge in [0, 0.05) is 0 Å². The third-order valence-electron chi connectivity index (χ3n) is 2.54. The van der Waals surface area contributed by atoms with E-state index in [1.807, 2.05) is 6.92 Å². The molecule has 0 aliphatic heterocycles. The monoisotopic (exact) mass is 236 g/mol. The highest BCUT2D eigenvalue weighted by atomic mass is 17.2. The summed E-state index contributed by atoms with van der Waals surface area (Å²) < 4.78 is 5.28. The summed E-state index contributed by atoms with van der Waals surface area (Å²) in [5, 5.41) is 0. The average Bonchev–Trinajstić information content (AvgIpc) is 3.14. The molecule has 0 bridgehead atoms. The number of benzene rings is 1. The molecule has 4 nitrogen and oxygen atoms in total. The Labute approximate surface area is 100 Å². The number of rotatable bonds is 6. The Balaban J connectivity index is 1.80. The molecule has 0 heterocycles. The average molecular weight is 236 g/mol. The largest absolute Gasteiger partial charge is 0.494 e. The Kier molecular flexibility index (Phi) is 3.98. The van der Waals surface area contributed by atoms with E-state index in [9.17, 15) is 4.79 Å². The summed E-state index contributed by atoms with van der Waals surface area (Å²) in [6, 6.07) is 6.80. The zero-order chi connectivity index (χ0) is 12.1. The quantitative estimate of drug-likeness (QED) is 0.562. The van der Waals surface area contributed by atoms with Gasteiger partial charge in [0.25, 0.3) is 0 Å². The molecule has 0 radical (unpaired) electrons. The van der Waals surface area contributed by atoms with Gasteiger partial charge in [-0.2, -0.15) is 4.89 Å². The smallest absolute Gasteiger partial charge is 0.373 e. The molecule has 1 saturated carbocycles. The molecule has 0 saturated heterocycles. The first-order valence-corrected chi connectivity index (χ1v) is 5.86. The first-order valence-electron chi connectivity index (χ1n) is 5.86. The van der Waals surface area contributed by atoms with Gasteiger partial charge in [-0.05, 0) is 49.9 Å². The van der Waals surface area contributed by atoms with Crippen molar-refractivity contribution in [2.75, 3.05) is 13.2 Å². The molecule has 92 valence electrons. The maximum atomic E-state index is 11.5. The van der Waals surface area contributed by atoms with Crippen molar-refractivity contribution in [1.29, 1.82) is 0 Å². The van der Waals surface area contributed by atoms with E-state index in [2.05, 4.69) is 0 Å². The minimum absolute atomic E-state index is 0.462. The van der Waals surface area contributed by atoms with Crippen LogP contribution >= 0.6 is 0 Å². The van der Waals surface area contributed by atoms with Crippen molar-refractivity contribution in [3.63, 3.8) is 0 Å². The summed E-state index contributed by atoms with van der Waals surface area (Å²) in [5.41, 5.74) is 0.462. The minimum atomic E-state index is -0.464. The molecule has 1 aliphatic rings. The molecule has 2 rings (SSSR count). The molecular formula is C13H16O4. The van der Waals surface area contributed by atoms with Crippen LogP contribution in [0.15, 0.2) is 24.3 Å². The lowest BCUT2D eigenvalue weighted by Crippen LogP contribution is -2.07. The summed E-state index contributed by atoms with van der Waals surface area (Å²) in [6.07, 6.45) is 2.33. The van der Waals surface area contributed by atoms with E-state index >= 15 is 0 Å². The Hall–Kier alpha value is -1.55. The molecule has 17 heavy (non-hydrogen) atoms. The molecule has 4 heteroatoms. The lowest BCUT2D eigenvalue weighted by Gasteiger charge is -2.05. The molecule has 1 aromatic rings. The first kappa shape index (κ1) is 11.9. The second kappa shape index (κ2) is 5.68. The van der Waals surface area contributed by atoms with E-state index in [1.165, 1.54) is 12.8 Å². The van der Waals surface area contributed by atoms with Crippen molar-refractivity contribution in [1.82, 2.24) is 0 Å². The second-order valence-electron chi connectivity index (χ2n) is 4.06. The molecule has 0 atom stereocenters. The number of hydrogen-bond acceptors (Lipinski definition) is 4. The van der Waals surface area contributed by atoms with Gasteiger partial charge in [0.2, 0.25) is 0 Å². The number of carbonyl (C=O) groups excluding carboxylic acids is 1. The van der Waals surface area contributed by atoms with Crippen LogP contribution in [0, 0.1) is 5.92 Å². The highest BCUT2D eigenvalue weighted by molar-refractivity contribution is 5.89. The van der Waals surface area contributed by atoms with Gasteiger partial charge in [-0.1, -0.05) is 0 Å². The highest BCUT2D eigenvalue weighted by Gasteiger charge is 2.22. The zero-order valence-corrected chi connectivity index (χ0v) is 9.85. The van der Waals surface area contributed by atoms with Crippen LogP contribution in [0.2, 0.25) is 0 Å². The maximum Gasteiger partial charge on any atom is 0.373 e. The van der Waals surface area contributed by atoms with Crippen molar-refractivity contribution in [3.05, 3.63) is 29.8 Å². The highest BCUT2D eigenvalue weighted by Crippen LogP contribution is 2.28. The van der Waals surface area contributed by atoms with Crippen LogP contribution in [0.25, 0.3) is 0 Å². The standard InChI is InChI=1S/C13H16O4/c1-2-15-12-7-5-11(6-8-12)13(14)17-16-9-10-3-4-10/h5-8,10H,2-4,9H2,1H3. The molecule has 0 N–H and O–H groups in total. The molecule has 0 spiro atoms. The van der Waals surface area contributed by atoms with E-state index in [1.54, 1.807) is 24.3 Å². The summed E-state index contributed by atoms with van der Waals surface area (Å²) in [6.45, 7) is 3.02. The van der Waals surface area contributed by atoms with Gasteiger partial charge in [-0.3, -0.25) is 4.89 Å². The van der Waals surface area contributed by atoms with Gasteiger partial charge >= 0.3 is 5.97 Å². The normalized spacial score (nSPS) is 14.4. The van der Waals surface area contributed by atoms with Gasteiger partial charge in [0.15, 0.2) is 0 Å². The van der Waals surface area contributed by atoms with Gasteiger partial charge in [0.05, 0.1) is 18.8 Å². The lowest BCUT2D eigenvalue weighted by atomic mass is 10.2. The molecule has 0 unspecified atom stereocenters. The van der Waals surface area contributed by atoms with Crippen LogP contribution in [0.1, 0.15) is 30.1 Å². The van der Waals surface area contributed by atoms with Crippen molar-refractivity contribution in [2.45, 2.75) is 19.8 Å². The topological polar surface area (TPSA) is 44.8 Å². The molecule has 1 aliphatic carbocycles. The van der Waals surface area contributed by atoms with Crippen molar-refractivity contribution in [3.8, 4) is 5.75 Å². The van der Waals surface area contributed by atoms with Gasteiger partial charge in [-0.25, -0.2) is 4.79 Å². The Morgan fingerprint density at radius 3 is 2.59 bits per heavy atom. The SMILES string of the molecule is CCOc1ccc(C(=O)OOCC2CC2)cc1.